The van der Waals surface area contributed by atoms with Crippen LogP contribution in [0.3, 0.4) is 0 Å². The molecule has 24 rings (SSSR count). The minimum absolute atomic E-state index is 0.535. The Morgan fingerprint density at radius 3 is 0.707 bits per heavy atom. The molecule has 0 bridgehead atoms. The third kappa shape index (κ3) is 16.2. The van der Waals surface area contributed by atoms with Gasteiger partial charge in [0, 0.05) is 86.7 Å². The number of methoxy groups -OCH3 is 2. The number of nitrogens with zero attached hydrogens (tertiary/aromatic N) is 6. The first-order valence-corrected chi connectivity index (χ1v) is 66.9. The van der Waals surface area contributed by atoms with E-state index >= 15 is 0 Å². The van der Waals surface area contributed by atoms with Crippen molar-refractivity contribution in [1.29, 1.82) is 0 Å². The Kier molecular flexibility index (Phi) is 27.9. The fourth-order valence-electron chi connectivity index (χ4n) is 42.7. The molecule has 11 heteroatoms. The summed E-state index contributed by atoms with van der Waals surface area (Å²) in [6, 6.07) is 11.3. The molecule has 6 heterocycles. The second-order valence-corrected chi connectivity index (χ2v) is 68.7. The highest BCUT2D eigenvalue weighted by Crippen LogP contribution is 2.68. The lowest BCUT2D eigenvalue weighted by atomic mass is 9.70. The molecule has 6 saturated heterocycles. The number of ether oxygens (including phenoxy) is 2. The van der Waals surface area contributed by atoms with Crippen LogP contribution in [0.4, 0.5) is 0 Å². The van der Waals surface area contributed by atoms with Crippen molar-refractivity contribution < 1.29 is 9.47 Å². The lowest BCUT2D eigenvalue weighted by molar-refractivity contribution is 0.0174. The number of likely N-dealkylation sites (tertiary alicyclic amines) is 3. The Morgan fingerprint density at radius 2 is 0.390 bits per heavy atom. The van der Waals surface area contributed by atoms with Gasteiger partial charge in [0.15, 0.2) is 0 Å². The third-order valence-electron chi connectivity index (χ3n) is 46.4. The highest BCUT2D eigenvalue weighted by atomic mass is 28.3. The summed E-state index contributed by atoms with van der Waals surface area (Å²) in [5.74, 6) is 32.8. The van der Waals surface area contributed by atoms with Crippen molar-refractivity contribution in [3.63, 3.8) is 0 Å². The zero-order valence-electron chi connectivity index (χ0n) is 84.7. The van der Waals surface area contributed by atoms with Crippen LogP contribution in [0, 0.1) is 189 Å². The first kappa shape index (κ1) is 92.4. The highest BCUT2D eigenvalue weighted by molar-refractivity contribution is 6.74. The van der Waals surface area contributed by atoms with E-state index in [1.54, 1.807) is 57.8 Å². The standard InChI is InChI=1S/C20H37NOSi.C20H37NSi.C19H35NSi.C18H31NO.C18H31N.C17H29N/c1-13-15-8-6-7-9-16(15)20-19(13)17-12-14(22-2)10-11-18(17)21(20)23(3,4)5;1-13-10-11-18-17(12-13)19-14(2)15-8-6-7-9-16(15)20(19)21(18)22(3,4)5;1-13-14-9-5-6-10-15(14)19-18(13)16-11-7-8-12-17(16)20(19)21(2,3)4;1-11-13-6-4-5-7-14(13)18-17(11)15-10-12(20-3)8-9-16(15)19(18)2;1-11-8-9-16-15(10-11)17-12(2)13-6-4-5-7-14(13)18(17)19(16)3;1-11-12-7-3-4-8-13(12)17-16(11)14-9-5-6-10-15(14)18(17)2/h13-20H,6-12H2,1-5H3;13-20H,6-12H2,1-5H3;13-19H,5-12H2,1-4H3;11-18H,4-10H2,1-3H3;11-18H,4-10H2,1-3H3;11-17H,3-10H2,1-2H3. The summed E-state index contributed by atoms with van der Waals surface area (Å²) in [5, 5.41) is 0. The summed E-state index contributed by atoms with van der Waals surface area (Å²) in [6.07, 6.45) is 66.8. The van der Waals surface area contributed by atoms with Crippen molar-refractivity contribution in [2.75, 3.05) is 35.4 Å². The third-order valence-corrected chi connectivity index (χ3v) is 52.9. The van der Waals surface area contributed by atoms with Crippen LogP contribution >= 0.6 is 0 Å². The predicted molar refractivity (Wildman–Crippen MR) is 526 cm³/mol. The fraction of sp³-hybridized carbons (Fsp3) is 1.00. The maximum Gasteiger partial charge on any atom is 0.119 e. The van der Waals surface area contributed by atoms with E-state index in [4.69, 9.17) is 9.47 Å². The minimum Gasteiger partial charge on any atom is -0.381 e. The second-order valence-electron chi connectivity index (χ2n) is 54.1. The molecule has 18 aliphatic carbocycles. The minimum atomic E-state index is -1.26. The molecule has 0 N–H and O–H groups in total. The molecule has 8 nitrogen and oxygen atoms in total. The summed E-state index contributed by atoms with van der Waals surface area (Å²) in [7, 11) is 7.57. The summed E-state index contributed by atoms with van der Waals surface area (Å²) in [4.78, 5) is 8.56. The number of hydrogen-bond donors (Lipinski definition) is 0. The Balaban J connectivity index is 0.0000000971. The van der Waals surface area contributed by atoms with Gasteiger partial charge < -0.3 is 23.2 Å². The van der Waals surface area contributed by atoms with Crippen molar-refractivity contribution >= 4 is 24.7 Å². The van der Waals surface area contributed by atoms with Gasteiger partial charge in [-0.25, -0.2) is 0 Å². The molecule has 702 valence electrons. The molecule has 0 radical (unpaired) electrons. The van der Waals surface area contributed by atoms with Crippen LogP contribution in [-0.4, -0.2) is 173 Å². The molecule has 46 unspecified atom stereocenters. The summed E-state index contributed by atoms with van der Waals surface area (Å²) in [6.45, 7) is 44.3. The van der Waals surface area contributed by atoms with Crippen LogP contribution in [0.1, 0.15) is 338 Å². The van der Waals surface area contributed by atoms with Crippen LogP contribution < -0.4 is 0 Å². The zero-order chi connectivity index (χ0) is 86.0. The van der Waals surface area contributed by atoms with E-state index in [0.29, 0.717) is 12.2 Å². The summed E-state index contributed by atoms with van der Waals surface area (Å²) >= 11 is 0. The topological polar surface area (TPSA) is 37.9 Å². The lowest BCUT2D eigenvalue weighted by Crippen LogP contribution is -2.56. The van der Waals surface area contributed by atoms with Gasteiger partial charge in [0.05, 0.1) is 12.2 Å². The first-order chi connectivity index (χ1) is 59.0. The molecule has 0 aromatic carbocycles. The van der Waals surface area contributed by atoms with E-state index in [-0.39, 0.29) is 0 Å². The molecule has 123 heavy (non-hydrogen) atoms. The summed E-state index contributed by atoms with van der Waals surface area (Å²) in [5.41, 5.74) is 0. The highest BCUT2D eigenvalue weighted by Gasteiger charge is 2.69. The molecule has 46 atom stereocenters. The van der Waals surface area contributed by atoms with Crippen molar-refractivity contribution in [2.24, 2.45) is 189 Å². The van der Waals surface area contributed by atoms with Crippen LogP contribution in [0.5, 0.6) is 0 Å². The van der Waals surface area contributed by atoms with Crippen molar-refractivity contribution in [1.82, 2.24) is 28.4 Å². The molecular weight excluding hydrogens is 1550 g/mol. The predicted octanol–water partition coefficient (Wildman–Crippen LogP) is 26.9. The van der Waals surface area contributed by atoms with Crippen LogP contribution in [0.25, 0.3) is 0 Å². The smallest absolute Gasteiger partial charge is 0.119 e. The number of fused-ring (bicyclic) bond motifs is 30. The van der Waals surface area contributed by atoms with Gasteiger partial charge in [0.25, 0.3) is 0 Å². The lowest BCUT2D eigenvalue weighted by Gasteiger charge is -2.46. The van der Waals surface area contributed by atoms with Crippen LogP contribution in [0.15, 0.2) is 0 Å². The number of rotatable bonds is 5. The van der Waals surface area contributed by atoms with E-state index in [0.717, 1.165) is 262 Å². The average Bonchev–Trinajstić information content (AvgIpc) is 1.54. The van der Waals surface area contributed by atoms with E-state index in [1.807, 2.05) is 14.2 Å². The van der Waals surface area contributed by atoms with Crippen molar-refractivity contribution in [3.05, 3.63) is 0 Å². The summed E-state index contributed by atoms with van der Waals surface area (Å²) < 4.78 is 21.1. The van der Waals surface area contributed by atoms with Gasteiger partial charge in [-0.1, -0.05) is 217 Å². The first-order valence-electron chi connectivity index (χ1n) is 56.6. The molecular formula is C112H200N6O2Si3. The SMILES string of the molecule is CC1C2CCCCC2C2C1C1CCCCC1N2C.CC1C2CCCCC2C2C1C1CCCCC1N2[Si](C)(C)C.CC1CCC2C(C1)C1C(C)C3CCCCC3C1N2C.CC1CCC2C(C1)C1C(C)C3CCCCC3C1N2[Si](C)(C)C.COC1CCC2C(C1)C1C(C)C3CCCCC3C1N2C.COC1CCC2C(C1)C1C(C)C3CCCCC3C1N2[Si](C)(C)C. The van der Waals surface area contributed by atoms with Crippen LogP contribution in [0.2, 0.25) is 58.9 Å². The molecule has 0 spiro atoms. The molecule has 0 aromatic heterocycles. The van der Waals surface area contributed by atoms with Gasteiger partial charge in [-0.3, -0.25) is 14.7 Å². The fourth-order valence-corrected chi connectivity index (χ4v) is 50.4. The largest absolute Gasteiger partial charge is 0.381 e. The Labute approximate surface area is 763 Å². The monoisotopic (exact) mass is 1750 g/mol. The van der Waals surface area contributed by atoms with Gasteiger partial charge in [-0.15, -0.1) is 0 Å². The average molecular weight is 1750 g/mol. The van der Waals surface area contributed by atoms with Gasteiger partial charge in [0.2, 0.25) is 0 Å². The van der Waals surface area contributed by atoms with Gasteiger partial charge in [-0.2, -0.15) is 0 Å². The van der Waals surface area contributed by atoms with Crippen molar-refractivity contribution in [2.45, 2.75) is 482 Å². The van der Waals surface area contributed by atoms with Gasteiger partial charge in [0.1, 0.15) is 24.7 Å². The number of hydrogen-bond acceptors (Lipinski definition) is 8. The van der Waals surface area contributed by atoms with Crippen LogP contribution in [-0.2, 0) is 9.47 Å². The Bertz CT molecular complexity index is 3430. The molecule has 24 fully saturated rings. The van der Waals surface area contributed by atoms with E-state index < -0.39 is 24.7 Å². The Morgan fingerprint density at radius 1 is 0.195 bits per heavy atom. The zero-order valence-corrected chi connectivity index (χ0v) is 87.7. The van der Waals surface area contributed by atoms with E-state index in [1.165, 1.54) is 225 Å². The normalized spacial score (nSPS) is 53.5. The Hall–Kier alpha value is 0.331. The molecule has 6 aliphatic heterocycles. The quantitative estimate of drug-likeness (QED) is 0.252. The van der Waals surface area contributed by atoms with E-state index in [2.05, 4.69) is 164 Å². The van der Waals surface area contributed by atoms with Gasteiger partial charge in [-0.05, 0) is 390 Å². The van der Waals surface area contributed by atoms with E-state index in [9.17, 15) is 0 Å². The maximum absolute atomic E-state index is 5.82. The molecule has 0 amide bonds. The molecule has 18 saturated carbocycles. The van der Waals surface area contributed by atoms with Crippen molar-refractivity contribution in [3.8, 4) is 0 Å². The van der Waals surface area contributed by atoms with Gasteiger partial charge >= 0.3 is 0 Å². The molecule has 24 aliphatic rings. The maximum atomic E-state index is 5.82. The second kappa shape index (κ2) is 37.1. The molecule has 0 aromatic rings.